The van der Waals surface area contributed by atoms with Gasteiger partial charge in [-0.2, -0.15) is 9.57 Å². The third kappa shape index (κ3) is 4.72. The largest absolute Gasteiger partial charge is 0.283 e. The normalized spacial score (nSPS) is 19.8. The van der Waals surface area contributed by atoms with Crippen LogP contribution in [0.5, 0.6) is 0 Å². The standard InChI is InChI=1S/C14H27N3O2S/c1-13(2,3)6-11-20(18,19)17-9-7-16(8-10-17)14(4,5)12-15/h6-11H2,1-5H3. The second-order valence-corrected chi connectivity index (χ2v) is 9.27. The van der Waals surface area contributed by atoms with Gasteiger partial charge in [-0.25, -0.2) is 8.42 Å². The number of piperazine rings is 1. The molecule has 1 aliphatic heterocycles. The molecule has 1 saturated heterocycles. The van der Waals surface area contributed by atoms with Crippen LogP contribution >= 0.6 is 0 Å². The van der Waals surface area contributed by atoms with E-state index >= 15 is 0 Å². The summed E-state index contributed by atoms with van der Waals surface area (Å²) in [4.78, 5) is 2.04. The number of nitrogens with zero attached hydrogens (tertiary/aromatic N) is 3. The van der Waals surface area contributed by atoms with Gasteiger partial charge in [0.1, 0.15) is 5.54 Å². The second-order valence-electron chi connectivity index (χ2n) is 7.18. The van der Waals surface area contributed by atoms with E-state index in [1.165, 1.54) is 0 Å². The van der Waals surface area contributed by atoms with Crippen LogP contribution in [0.15, 0.2) is 0 Å². The minimum Gasteiger partial charge on any atom is -0.283 e. The van der Waals surface area contributed by atoms with Crippen LogP contribution in [-0.2, 0) is 10.0 Å². The van der Waals surface area contributed by atoms with Crippen LogP contribution in [0.2, 0.25) is 0 Å². The van der Waals surface area contributed by atoms with Crippen molar-refractivity contribution >= 4 is 10.0 Å². The van der Waals surface area contributed by atoms with Crippen LogP contribution in [-0.4, -0.2) is 55.1 Å². The molecule has 6 heteroatoms. The molecule has 0 amide bonds. The zero-order valence-electron chi connectivity index (χ0n) is 13.3. The number of rotatable bonds is 4. The van der Waals surface area contributed by atoms with Gasteiger partial charge in [-0.05, 0) is 25.7 Å². The fourth-order valence-corrected chi connectivity index (χ4v) is 4.01. The molecule has 0 aromatic rings. The van der Waals surface area contributed by atoms with E-state index in [0.29, 0.717) is 32.6 Å². The van der Waals surface area contributed by atoms with Crippen LogP contribution < -0.4 is 0 Å². The van der Waals surface area contributed by atoms with Crippen molar-refractivity contribution < 1.29 is 8.42 Å². The lowest BCUT2D eigenvalue weighted by molar-refractivity contribution is 0.115. The topological polar surface area (TPSA) is 64.4 Å². The fourth-order valence-electron chi connectivity index (χ4n) is 2.16. The lowest BCUT2D eigenvalue weighted by atomic mass is 9.94. The van der Waals surface area contributed by atoms with Gasteiger partial charge in [-0.1, -0.05) is 20.8 Å². The highest BCUT2D eigenvalue weighted by Gasteiger charge is 2.33. The third-order valence-corrected chi connectivity index (χ3v) is 5.68. The summed E-state index contributed by atoms with van der Waals surface area (Å²) in [5.74, 6) is 0.206. The van der Waals surface area contributed by atoms with Crippen molar-refractivity contribution in [3.8, 4) is 6.07 Å². The highest BCUT2D eigenvalue weighted by molar-refractivity contribution is 7.89. The van der Waals surface area contributed by atoms with E-state index in [9.17, 15) is 8.42 Å². The molecule has 1 aliphatic rings. The Morgan fingerprint density at radius 2 is 1.55 bits per heavy atom. The maximum absolute atomic E-state index is 12.3. The maximum Gasteiger partial charge on any atom is 0.214 e. The summed E-state index contributed by atoms with van der Waals surface area (Å²) in [5.41, 5.74) is -0.501. The van der Waals surface area contributed by atoms with Crippen molar-refractivity contribution in [1.82, 2.24) is 9.21 Å². The van der Waals surface area contributed by atoms with Gasteiger partial charge in [-0.3, -0.25) is 4.90 Å². The Labute approximate surface area is 123 Å². The van der Waals surface area contributed by atoms with Gasteiger partial charge < -0.3 is 0 Å². The molecule has 0 saturated carbocycles. The lowest BCUT2D eigenvalue weighted by Gasteiger charge is -2.40. The number of hydrogen-bond acceptors (Lipinski definition) is 4. The molecule has 1 heterocycles. The first-order valence-corrected chi connectivity index (χ1v) is 8.73. The van der Waals surface area contributed by atoms with Crippen molar-refractivity contribution in [1.29, 1.82) is 5.26 Å². The second kappa shape index (κ2) is 6.00. The van der Waals surface area contributed by atoms with Gasteiger partial charge in [0.15, 0.2) is 0 Å². The predicted molar refractivity (Wildman–Crippen MR) is 80.7 cm³/mol. The van der Waals surface area contributed by atoms with Gasteiger partial charge in [0.05, 0.1) is 11.8 Å². The molecule has 0 N–H and O–H groups in total. The van der Waals surface area contributed by atoms with Crippen LogP contribution in [0.25, 0.3) is 0 Å². The zero-order valence-corrected chi connectivity index (χ0v) is 14.1. The van der Waals surface area contributed by atoms with Crippen molar-refractivity contribution in [2.24, 2.45) is 5.41 Å². The summed E-state index contributed by atoms with van der Waals surface area (Å²) in [7, 11) is -3.17. The molecule has 0 atom stereocenters. The first kappa shape index (κ1) is 17.4. The summed E-state index contributed by atoms with van der Waals surface area (Å²) in [6, 6.07) is 2.27. The van der Waals surface area contributed by atoms with Crippen molar-refractivity contribution in [2.75, 3.05) is 31.9 Å². The molecule has 0 aromatic carbocycles. The van der Waals surface area contributed by atoms with Crippen molar-refractivity contribution in [3.05, 3.63) is 0 Å². The van der Waals surface area contributed by atoms with Gasteiger partial charge in [0, 0.05) is 26.2 Å². The highest BCUT2D eigenvalue weighted by atomic mass is 32.2. The molecule has 0 spiro atoms. The molecule has 20 heavy (non-hydrogen) atoms. The fraction of sp³-hybridized carbons (Fsp3) is 0.929. The van der Waals surface area contributed by atoms with Gasteiger partial charge in [0.25, 0.3) is 0 Å². The number of nitriles is 1. The van der Waals surface area contributed by atoms with Crippen LogP contribution in [0.3, 0.4) is 0 Å². The molecule has 0 aliphatic carbocycles. The smallest absolute Gasteiger partial charge is 0.214 e. The molecule has 0 aromatic heterocycles. The van der Waals surface area contributed by atoms with Crippen LogP contribution in [0.1, 0.15) is 41.0 Å². The SMILES string of the molecule is CC(C)(C)CCS(=O)(=O)N1CCN(C(C)(C)C#N)CC1. The predicted octanol–water partition coefficient (Wildman–Crippen LogP) is 1.67. The molecule has 1 fully saturated rings. The molecule has 0 unspecified atom stereocenters. The average Bonchev–Trinajstić information content (AvgIpc) is 2.36. The van der Waals surface area contributed by atoms with E-state index in [1.807, 2.05) is 18.7 Å². The Kier molecular flexibility index (Phi) is 5.23. The Hall–Kier alpha value is -0.640. The summed E-state index contributed by atoms with van der Waals surface area (Å²) < 4.78 is 26.2. The third-order valence-electron chi connectivity index (χ3n) is 3.81. The van der Waals surface area contributed by atoms with Crippen LogP contribution in [0.4, 0.5) is 0 Å². The zero-order chi connectivity index (χ0) is 15.6. The molecule has 116 valence electrons. The lowest BCUT2D eigenvalue weighted by Crippen LogP contribution is -2.55. The van der Waals surface area contributed by atoms with E-state index in [1.54, 1.807) is 4.31 Å². The minimum absolute atomic E-state index is 0.0255. The van der Waals surface area contributed by atoms with Gasteiger partial charge in [0.2, 0.25) is 10.0 Å². The first-order valence-electron chi connectivity index (χ1n) is 7.12. The summed E-state index contributed by atoms with van der Waals surface area (Å²) in [6.07, 6.45) is 0.666. The summed E-state index contributed by atoms with van der Waals surface area (Å²) >= 11 is 0. The molecule has 1 rings (SSSR count). The van der Waals surface area contributed by atoms with Crippen molar-refractivity contribution in [3.63, 3.8) is 0 Å². The summed E-state index contributed by atoms with van der Waals surface area (Å²) in [5, 5.41) is 9.12. The summed E-state index contributed by atoms with van der Waals surface area (Å²) in [6.45, 7) is 12.1. The number of sulfonamides is 1. The van der Waals surface area contributed by atoms with Gasteiger partial charge >= 0.3 is 0 Å². The highest BCUT2D eigenvalue weighted by Crippen LogP contribution is 2.22. The first-order chi connectivity index (χ1) is 8.98. The molecule has 0 bridgehead atoms. The molecular formula is C14H27N3O2S. The Balaban J connectivity index is 2.59. The Morgan fingerprint density at radius 3 is 1.95 bits per heavy atom. The van der Waals surface area contributed by atoms with E-state index in [-0.39, 0.29) is 11.2 Å². The quantitative estimate of drug-likeness (QED) is 0.792. The number of hydrogen-bond donors (Lipinski definition) is 0. The monoisotopic (exact) mass is 301 g/mol. The Bertz CT molecular complexity index is 464. The molecular weight excluding hydrogens is 274 g/mol. The van der Waals surface area contributed by atoms with Crippen molar-refractivity contribution in [2.45, 2.75) is 46.6 Å². The van der Waals surface area contributed by atoms with E-state index in [4.69, 9.17) is 5.26 Å². The van der Waals surface area contributed by atoms with E-state index in [0.717, 1.165) is 0 Å². The van der Waals surface area contributed by atoms with E-state index < -0.39 is 15.6 Å². The molecule has 0 radical (unpaired) electrons. The Morgan fingerprint density at radius 1 is 1.05 bits per heavy atom. The maximum atomic E-state index is 12.3. The van der Waals surface area contributed by atoms with E-state index in [2.05, 4.69) is 26.8 Å². The molecule has 5 nitrogen and oxygen atoms in total. The van der Waals surface area contributed by atoms with Crippen LogP contribution in [0, 0.1) is 16.7 Å². The minimum atomic E-state index is -3.17. The average molecular weight is 301 g/mol. The van der Waals surface area contributed by atoms with Gasteiger partial charge in [-0.15, -0.1) is 0 Å².